The molecular weight excluding hydrogens is 206 g/mol. The van der Waals surface area contributed by atoms with E-state index in [1.165, 1.54) is 12.7 Å². The van der Waals surface area contributed by atoms with E-state index in [1.54, 1.807) is 0 Å². The molecule has 1 heterocycles. The second-order valence-corrected chi connectivity index (χ2v) is 4.06. The maximum absolute atomic E-state index is 9.03. The molecule has 1 aromatic rings. The number of anilines is 1. The molecule has 0 unspecified atom stereocenters. The fourth-order valence-corrected chi connectivity index (χ4v) is 1.99. The van der Waals surface area contributed by atoms with Crippen LogP contribution >= 0.6 is 0 Å². The van der Waals surface area contributed by atoms with Gasteiger partial charge in [0, 0.05) is 11.3 Å². The Morgan fingerprint density at radius 1 is 1.19 bits per heavy atom. The first kappa shape index (κ1) is 11.3. The van der Waals surface area contributed by atoms with Crippen molar-refractivity contribution in [3.8, 4) is 0 Å². The molecule has 0 aromatic carbocycles. The number of aliphatic hydroxyl groups is 2. The van der Waals surface area contributed by atoms with Crippen LogP contribution in [-0.2, 0) is 12.8 Å². The van der Waals surface area contributed by atoms with Gasteiger partial charge < -0.3 is 15.5 Å². The zero-order valence-electron chi connectivity index (χ0n) is 9.19. The summed E-state index contributed by atoms with van der Waals surface area (Å²) in [6.07, 6.45) is 5.83. The first-order valence-corrected chi connectivity index (χ1v) is 5.66. The Morgan fingerprint density at radius 2 is 1.94 bits per heavy atom. The van der Waals surface area contributed by atoms with Gasteiger partial charge in [0.05, 0.1) is 19.3 Å². The van der Waals surface area contributed by atoms with Crippen LogP contribution in [0.3, 0.4) is 0 Å². The summed E-state index contributed by atoms with van der Waals surface area (Å²) in [7, 11) is 0. The van der Waals surface area contributed by atoms with Crippen molar-refractivity contribution in [3.63, 3.8) is 0 Å². The highest BCUT2D eigenvalue weighted by atomic mass is 16.3. The van der Waals surface area contributed by atoms with Gasteiger partial charge >= 0.3 is 0 Å². The highest BCUT2D eigenvalue weighted by Gasteiger charge is 2.17. The predicted octanol–water partition coefficient (Wildman–Crippen LogP) is 0.120. The molecule has 0 radical (unpaired) electrons. The van der Waals surface area contributed by atoms with Crippen molar-refractivity contribution in [1.29, 1.82) is 0 Å². The number of nitrogens with zero attached hydrogens (tertiary/aromatic N) is 2. The van der Waals surface area contributed by atoms with Crippen LogP contribution in [-0.4, -0.2) is 39.4 Å². The number of aliphatic hydroxyl groups excluding tert-OH is 2. The number of hydrogen-bond acceptors (Lipinski definition) is 5. The van der Waals surface area contributed by atoms with Crippen LogP contribution < -0.4 is 5.32 Å². The highest BCUT2D eigenvalue weighted by Crippen LogP contribution is 2.24. The van der Waals surface area contributed by atoms with E-state index < -0.39 is 0 Å². The minimum atomic E-state index is -0.346. The lowest BCUT2D eigenvalue weighted by atomic mass is 9.96. The number of fused-ring (bicyclic) bond motifs is 1. The van der Waals surface area contributed by atoms with Gasteiger partial charge in [-0.2, -0.15) is 0 Å². The van der Waals surface area contributed by atoms with E-state index in [2.05, 4.69) is 15.3 Å². The average molecular weight is 223 g/mol. The number of aryl methyl sites for hydroxylation is 1. The van der Waals surface area contributed by atoms with Crippen molar-refractivity contribution in [3.05, 3.63) is 17.6 Å². The molecule has 1 aliphatic rings. The quantitative estimate of drug-likeness (QED) is 0.676. The maximum atomic E-state index is 9.03. The Balaban J connectivity index is 2.20. The van der Waals surface area contributed by atoms with Gasteiger partial charge in [-0.1, -0.05) is 0 Å². The van der Waals surface area contributed by atoms with Gasteiger partial charge in [-0.3, -0.25) is 0 Å². The number of nitrogens with one attached hydrogen (secondary N) is 1. The lowest BCUT2D eigenvalue weighted by molar-refractivity contribution is 0.203. The standard InChI is InChI=1S/C11H17N3O2/c15-5-8(6-16)14-11-9-3-1-2-4-10(9)12-7-13-11/h7-8,15-16H,1-6H2,(H,12,13,14). The minimum Gasteiger partial charge on any atom is -0.394 e. The molecule has 5 heteroatoms. The monoisotopic (exact) mass is 223 g/mol. The summed E-state index contributed by atoms with van der Waals surface area (Å²) >= 11 is 0. The fraction of sp³-hybridized carbons (Fsp3) is 0.636. The fourth-order valence-electron chi connectivity index (χ4n) is 1.99. The van der Waals surface area contributed by atoms with Crippen molar-refractivity contribution in [2.24, 2.45) is 0 Å². The average Bonchev–Trinajstić information content (AvgIpc) is 2.36. The molecule has 2 rings (SSSR count). The van der Waals surface area contributed by atoms with Crippen LogP contribution in [0.5, 0.6) is 0 Å². The molecule has 0 saturated heterocycles. The predicted molar refractivity (Wildman–Crippen MR) is 60.3 cm³/mol. The topological polar surface area (TPSA) is 78.3 Å². The van der Waals surface area contributed by atoms with Crippen molar-refractivity contribution >= 4 is 5.82 Å². The molecule has 5 nitrogen and oxygen atoms in total. The molecule has 3 N–H and O–H groups in total. The third-order valence-electron chi connectivity index (χ3n) is 2.91. The summed E-state index contributed by atoms with van der Waals surface area (Å²) in [6.45, 7) is -0.204. The van der Waals surface area contributed by atoms with Gasteiger partial charge in [0.2, 0.25) is 0 Å². The third kappa shape index (κ3) is 2.31. The molecular formula is C11H17N3O2. The molecule has 1 aromatic heterocycles. The number of aromatic nitrogens is 2. The molecule has 1 aliphatic carbocycles. The molecule has 0 atom stereocenters. The Kier molecular flexibility index (Phi) is 3.69. The zero-order chi connectivity index (χ0) is 11.4. The van der Waals surface area contributed by atoms with Crippen molar-refractivity contribution < 1.29 is 10.2 Å². The molecule has 0 aliphatic heterocycles. The summed E-state index contributed by atoms with van der Waals surface area (Å²) in [6, 6.07) is -0.346. The Hall–Kier alpha value is -1.20. The second-order valence-electron chi connectivity index (χ2n) is 4.06. The summed E-state index contributed by atoms with van der Waals surface area (Å²) in [5.74, 6) is 0.762. The number of rotatable bonds is 4. The Labute approximate surface area is 94.6 Å². The largest absolute Gasteiger partial charge is 0.394 e. The van der Waals surface area contributed by atoms with Gasteiger partial charge in [0.1, 0.15) is 12.1 Å². The van der Waals surface area contributed by atoms with E-state index in [4.69, 9.17) is 10.2 Å². The van der Waals surface area contributed by atoms with Crippen LogP contribution in [0.15, 0.2) is 6.33 Å². The molecule has 0 amide bonds. The smallest absolute Gasteiger partial charge is 0.133 e. The number of hydrogen-bond donors (Lipinski definition) is 3. The van der Waals surface area contributed by atoms with Gasteiger partial charge in [-0.25, -0.2) is 9.97 Å². The summed E-state index contributed by atoms with van der Waals surface area (Å²) in [5, 5.41) is 21.1. The van der Waals surface area contributed by atoms with Gasteiger partial charge in [0.25, 0.3) is 0 Å². The first-order valence-electron chi connectivity index (χ1n) is 5.66. The van der Waals surface area contributed by atoms with Crippen molar-refractivity contribution in [1.82, 2.24) is 9.97 Å². The second kappa shape index (κ2) is 5.23. The van der Waals surface area contributed by atoms with E-state index >= 15 is 0 Å². The maximum Gasteiger partial charge on any atom is 0.133 e. The van der Waals surface area contributed by atoms with Crippen molar-refractivity contribution in [2.75, 3.05) is 18.5 Å². The van der Waals surface area contributed by atoms with Gasteiger partial charge in [-0.15, -0.1) is 0 Å². The van der Waals surface area contributed by atoms with E-state index in [1.807, 2.05) is 0 Å². The van der Waals surface area contributed by atoms with Crippen LogP contribution in [0.2, 0.25) is 0 Å². The molecule has 0 spiro atoms. The third-order valence-corrected chi connectivity index (χ3v) is 2.91. The summed E-state index contributed by atoms with van der Waals surface area (Å²) < 4.78 is 0. The van der Waals surface area contributed by atoms with Crippen LogP contribution in [0.4, 0.5) is 5.82 Å². The summed E-state index contributed by atoms with van der Waals surface area (Å²) in [4.78, 5) is 8.45. The minimum absolute atomic E-state index is 0.102. The van der Waals surface area contributed by atoms with E-state index in [-0.39, 0.29) is 19.3 Å². The lowest BCUT2D eigenvalue weighted by Crippen LogP contribution is -2.29. The molecule has 0 fully saturated rings. The normalized spacial score (nSPS) is 14.9. The van der Waals surface area contributed by atoms with E-state index in [9.17, 15) is 0 Å². The molecule has 88 valence electrons. The van der Waals surface area contributed by atoms with E-state index in [0.29, 0.717) is 0 Å². The first-order chi connectivity index (χ1) is 7.85. The molecule has 0 saturated carbocycles. The molecule has 16 heavy (non-hydrogen) atoms. The molecule has 0 bridgehead atoms. The van der Waals surface area contributed by atoms with Crippen LogP contribution in [0.1, 0.15) is 24.1 Å². The Morgan fingerprint density at radius 3 is 2.69 bits per heavy atom. The SMILES string of the molecule is OCC(CO)Nc1ncnc2c1CCCC2. The van der Waals surface area contributed by atoms with Crippen LogP contribution in [0.25, 0.3) is 0 Å². The van der Waals surface area contributed by atoms with Crippen molar-refractivity contribution in [2.45, 2.75) is 31.7 Å². The van der Waals surface area contributed by atoms with Gasteiger partial charge in [0.15, 0.2) is 0 Å². The van der Waals surface area contributed by atoms with Gasteiger partial charge in [-0.05, 0) is 25.7 Å². The Bertz CT molecular complexity index is 353. The zero-order valence-corrected chi connectivity index (χ0v) is 9.19. The van der Waals surface area contributed by atoms with E-state index in [0.717, 1.165) is 36.3 Å². The van der Waals surface area contributed by atoms with Crippen LogP contribution in [0, 0.1) is 0 Å². The highest BCUT2D eigenvalue weighted by molar-refractivity contribution is 5.47. The lowest BCUT2D eigenvalue weighted by Gasteiger charge is -2.20. The summed E-state index contributed by atoms with van der Waals surface area (Å²) in [5.41, 5.74) is 2.24.